The second kappa shape index (κ2) is 7.16. The molecule has 0 saturated heterocycles. The molecule has 0 amide bonds. The minimum absolute atomic E-state index is 0.108. The van der Waals surface area contributed by atoms with Gasteiger partial charge in [0.1, 0.15) is 11.6 Å². The van der Waals surface area contributed by atoms with Gasteiger partial charge in [0, 0.05) is 31.2 Å². The van der Waals surface area contributed by atoms with Gasteiger partial charge in [-0.25, -0.2) is 8.78 Å². The average molecular weight is 321 g/mol. The fraction of sp³-hybridized carbons (Fsp3) is 0.538. The zero-order chi connectivity index (χ0) is 13.7. The van der Waals surface area contributed by atoms with Crippen molar-refractivity contribution in [3.05, 3.63) is 33.8 Å². The van der Waals surface area contributed by atoms with E-state index in [0.717, 1.165) is 13.1 Å². The lowest BCUT2D eigenvalue weighted by atomic mass is 10.2. The van der Waals surface area contributed by atoms with Gasteiger partial charge in [0.2, 0.25) is 0 Å². The molecule has 0 saturated carbocycles. The molecule has 1 N–H and O–H groups in total. The van der Waals surface area contributed by atoms with Gasteiger partial charge in [0.05, 0.1) is 4.47 Å². The number of hydrogen-bond donors (Lipinski definition) is 1. The Morgan fingerprint density at radius 2 is 2.00 bits per heavy atom. The van der Waals surface area contributed by atoms with Crippen molar-refractivity contribution in [2.24, 2.45) is 0 Å². The van der Waals surface area contributed by atoms with Crippen LogP contribution >= 0.6 is 15.9 Å². The van der Waals surface area contributed by atoms with Gasteiger partial charge in [0.25, 0.3) is 0 Å². The van der Waals surface area contributed by atoms with E-state index in [0.29, 0.717) is 10.5 Å². The maximum absolute atomic E-state index is 13.7. The van der Waals surface area contributed by atoms with Crippen molar-refractivity contribution in [2.75, 3.05) is 20.1 Å². The van der Waals surface area contributed by atoms with Gasteiger partial charge in [-0.3, -0.25) is 0 Å². The summed E-state index contributed by atoms with van der Waals surface area (Å²) >= 11 is 3.07. The van der Waals surface area contributed by atoms with Gasteiger partial charge < -0.3 is 10.2 Å². The van der Waals surface area contributed by atoms with Crippen LogP contribution in [0.5, 0.6) is 0 Å². The second-order valence-electron chi connectivity index (χ2n) is 4.67. The first kappa shape index (κ1) is 15.5. The summed E-state index contributed by atoms with van der Waals surface area (Å²) in [5, 5.41) is 3.26. The van der Waals surface area contributed by atoms with Crippen molar-refractivity contribution in [1.82, 2.24) is 10.2 Å². The Bertz CT molecular complexity index is 397. The molecule has 18 heavy (non-hydrogen) atoms. The number of rotatable bonds is 6. The van der Waals surface area contributed by atoms with Gasteiger partial charge in [0.15, 0.2) is 0 Å². The fourth-order valence-electron chi connectivity index (χ4n) is 1.61. The largest absolute Gasteiger partial charge is 0.313 e. The van der Waals surface area contributed by atoms with Crippen molar-refractivity contribution < 1.29 is 8.78 Å². The van der Waals surface area contributed by atoms with E-state index in [1.165, 1.54) is 12.1 Å². The van der Waals surface area contributed by atoms with E-state index in [-0.39, 0.29) is 12.1 Å². The molecule has 0 unspecified atom stereocenters. The van der Waals surface area contributed by atoms with Crippen LogP contribution in [0.2, 0.25) is 0 Å². The third-order valence-electron chi connectivity index (χ3n) is 2.61. The number of likely N-dealkylation sites (N-methyl/N-ethyl adjacent to an activating group) is 1. The Hall–Kier alpha value is -0.520. The quantitative estimate of drug-likeness (QED) is 0.810. The number of nitrogens with zero attached hydrogens (tertiary/aromatic N) is 1. The molecule has 0 radical (unpaired) electrons. The van der Waals surface area contributed by atoms with Crippen LogP contribution in [0.25, 0.3) is 0 Å². The fourth-order valence-corrected chi connectivity index (χ4v) is 1.98. The van der Waals surface area contributed by atoms with E-state index in [1.54, 1.807) is 0 Å². The highest BCUT2D eigenvalue weighted by atomic mass is 79.9. The standard InChI is InChI=1S/C13H19BrF2N2/c1-9(2)17-6-7-18(3)8-10-12(15)5-4-11(14)13(10)16/h4-5,9,17H,6-8H2,1-3H3. The predicted octanol–water partition coefficient (Wildman–Crippen LogP) is 3.16. The maximum Gasteiger partial charge on any atom is 0.144 e. The number of halogens is 3. The molecule has 1 aromatic rings. The SMILES string of the molecule is CC(C)NCCN(C)Cc1c(F)ccc(Br)c1F. The highest BCUT2D eigenvalue weighted by Crippen LogP contribution is 2.22. The summed E-state index contributed by atoms with van der Waals surface area (Å²) in [4.78, 5) is 1.89. The molecule has 0 fully saturated rings. The smallest absolute Gasteiger partial charge is 0.144 e. The van der Waals surface area contributed by atoms with Crippen LogP contribution in [-0.2, 0) is 6.54 Å². The Balaban J connectivity index is 2.59. The third kappa shape index (κ3) is 4.63. The van der Waals surface area contributed by atoms with Crippen LogP contribution in [0, 0.1) is 11.6 Å². The summed E-state index contributed by atoms with van der Waals surface area (Å²) in [5.41, 5.74) is 0.108. The van der Waals surface area contributed by atoms with Crippen molar-refractivity contribution in [2.45, 2.75) is 26.4 Å². The number of hydrogen-bond acceptors (Lipinski definition) is 2. The first-order chi connectivity index (χ1) is 8.41. The topological polar surface area (TPSA) is 15.3 Å². The highest BCUT2D eigenvalue weighted by Gasteiger charge is 2.14. The van der Waals surface area contributed by atoms with Crippen molar-refractivity contribution in [3.8, 4) is 0 Å². The molecular weight excluding hydrogens is 302 g/mol. The summed E-state index contributed by atoms with van der Waals surface area (Å²) in [6.45, 7) is 5.92. The summed E-state index contributed by atoms with van der Waals surface area (Å²) in [7, 11) is 1.85. The van der Waals surface area contributed by atoms with E-state index < -0.39 is 11.6 Å². The zero-order valence-corrected chi connectivity index (χ0v) is 12.5. The van der Waals surface area contributed by atoms with E-state index >= 15 is 0 Å². The van der Waals surface area contributed by atoms with E-state index in [9.17, 15) is 8.78 Å². The molecule has 0 aliphatic carbocycles. The average Bonchev–Trinajstić information content (AvgIpc) is 2.29. The molecule has 0 heterocycles. The van der Waals surface area contributed by atoms with Gasteiger partial charge in [-0.05, 0) is 35.1 Å². The molecule has 2 nitrogen and oxygen atoms in total. The van der Waals surface area contributed by atoms with Crippen LogP contribution in [0.1, 0.15) is 19.4 Å². The second-order valence-corrected chi connectivity index (χ2v) is 5.52. The summed E-state index contributed by atoms with van der Waals surface area (Å²) in [5.74, 6) is -1.02. The lowest BCUT2D eigenvalue weighted by molar-refractivity contribution is 0.309. The van der Waals surface area contributed by atoms with Crippen molar-refractivity contribution in [3.63, 3.8) is 0 Å². The summed E-state index contributed by atoms with van der Waals surface area (Å²) in [6, 6.07) is 3.08. The van der Waals surface area contributed by atoms with Gasteiger partial charge in [-0.2, -0.15) is 0 Å². The first-order valence-electron chi connectivity index (χ1n) is 5.96. The molecular formula is C13H19BrF2N2. The Kier molecular flexibility index (Phi) is 6.18. The van der Waals surface area contributed by atoms with Crippen molar-refractivity contribution in [1.29, 1.82) is 0 Å². The lowest BCUT2D eigenvalue weighted by Crippen LogP contribution is -2.32. The Morgan fingerprint density at radius 3 is 2.61 bits per heavy atom. The Morgan fingerprint density at radius 1 is 1.33 bits per heavy atom. The molecule has 5 heteroatoms. The lowest BCUT2D eigenvalue weighted by Gasteiger charge is -2.19. The summed E-state index contributed by atoms with van der Waals surface area (Å²) in [6.07, 6.45) is 0. The predicted molar refractivity (Wildman–Crippen MR) is 73.5 cm³/mol. The molecule has 0 atom stereocenters. The number of benzene rings is 1. The molecule has 102 valence electrons. The van der Waals surface area contributed by atoms with Gasteiger partial charge >= 0.3 is 0 Å². The van der Waals surface area contributed by atoms with Crippen LogP contribution in [0.15, 0.2) is 16.6 Å². The Labute approximate surface area is 115 Å². The molecule has 1 rings (SSSR count). The monoisotopic (exact) mass is 320 g/mol. The highest BCUT2D eigenvalue weighted by molar-refractivity contribution is 9.10. The minimum Gasteiger partial charge on any atom is -0.313 e. The molecule has 0 aliphatic rings. The van der Waals surface area contributed by atoms with Crippen LogP contribution in [0.4, 0.5) is 8.78 Å². The minimum atomic E-state index is -0.515. The zero-order valence-electron chi connectivity index (χ0n) is 10.9. The van der Waals surface area contributed by atoms with Gasteiger partial charge in [-0.15, -0.1) is 0 Å². The molecule has 0 aliphatic heterocycles. The van der Waals surface area contributed by atoms with E-state index in [4.69, 9.17) is 0 Å². The van der Waals surface area contributed by atoms with Crippen LogP contribution in [-0.4, -0.2) is 31.1 Å². The molecule has 1 aromatic carbocycles. The molecule has 0 aromatic heterocycles. The maximum atomic E-state index is 13.7. The van der Waals surface area contributed by atoms with Crippen LogP contribution in [0.3, 0.4) is 0 Å². The first-order valence-corrected chi connectivity index (χ1v) is 6.75. The summed E-state index contributed by atoms with van der Waals surface area (Å²) < 4.78 is 27.6. The van der Waals surface area contributed by atoms with Crippen molar-refractivity contribution >= 4 is 15.9 Å². The van der Waals surface area contributed by atoms with E-state index in [1.807, 2.05) is 11.9 Å². The normalized spacial score (nSPS) is 11.6. The molecule has 0 spiro atoms. The third-order valence-corrected chi connectivity index (χ3v) is 3.23. The van der Waals surface area contributed by atoms with Crippen LogP contribution < -0.4 is 5.32 Å². The molecule has 0 bridgehead atoms. The number of nitrogens with one attached hydrogen (secondary N) is 1. The van der Waals surface area contributed by atoms with E-state index in [2.05, 4.69) is 35.1 Å². The van der Waals surface area contributed by atoms with Gasteiger partial charge in [-0.1, -0.05) is 13.8 Å².